The average molecular weight is 231 g/mol. The molecule has 0 saturated heterocycles. The molecule has 3 heteroatoms. The minimum absolute atomic E-state index is 0.0406. The van der Waals surface area contributed by atoms with Gasteiger partial charge in [-0.15, -0.1) is 11.8 Å². The molecule has 0 heterocycles. The van der Waals surface area contributed by atoms with Gasteiger partial charge in [0.2, 0.25) is 0 Å². The molecule has 0 saturated carbocycles. The van der Waals surface area contributed by atoms with E-state index in [1.165, 1.54) is 0 Å². The SMILES string of the molecule is CC(C)(C)Sc1ccc(Cl)cc1CO. The number of halogens is 1. The lowest BCUT2D eigenvalue weighted by Crippen LogP contribution is -2.07. The molecule has 0 unspecified atom stereocenters. The maximum Gasteiger partial charge on any atom is 0.0693 e. The van der Waals surface area contributed by atoms with Gasteiger partial charge in [-0.05, 0) is 23.8 Å². The molecule has 78 valence electrons. The van der Waals surface area contributed by atoms with Crippen LogP contribution >= 0.6 is 23.4 Å². The van der Waals surface area contributed by atoms with E-state index in [4.69, 9.17) is 16.7 Å². The summed E-state index contributed by atoms with van der Waals surface area (Å²) in [7, 11) is 0. The number of thioether (sulfide) groups is 1. The molecule has 0 amide bonds. The second-order valence-corrected chi connectivity index (χ2v) is 6.43. The van der Waals surface area contributed by atoms with Crippen molar-refractivity contribution in [2.24, 2.45) is 0 Å². The van der Waals surface area contributed by atoms with E-state index in [-0.39, 0.29) is 11.4 Å². The number of hydrogen-bond acceptors (Lipinski definition) is 2. The van der Waals surface area contributed by atoms with Crippen molar-refractivity contribution in [3.05, 3.63) is 28.8 Å². The van der Waals surface area contributed by atoms with Crippen molar-refractivity contribution in [3.63, 3.8) is 0 Å². The fraction of sp³-hybridized carbons (Fsp3) is 0.455. The molecule has 1 N–H and O–H groups in total. The van der Waals surface area contributed by atoms with Crippen molar-refractivity contribution < 1.29 is 5.11 Å². The van der Waals surface area contributed by atoms with Crippen LogP contribution in [0.25, 0.3) is 0 Å². The van der Waals surface area contributed by atoms with Gasteiger partial charge in [0.05, 0.1) is 6.61 Å². The molecule has 0 aromatic heterocycles. The van der Waals surface area contributed by atoms with E-state index < -0.39 is 0 Å². The van der Waals surface area contributed by atoms with Crippen LogP contribution in [0.2, 0.25) is 5.02 Å². The third-order valence-corrected chi connectivity index (χ3v) is 3.07. The number of rotatable bonds is 2. The lowest BCUT2D eigenvalue weighted by atomic mass is 10.2. The summed E-state index contributed by atoms with van der Waals surface area (Å²) in [6, 6.07) is 5.63. The van der Waals surface area contributed by atoms with Gasteiger partial charge in [-0.25, -0.2) is 0 Å². The zero-order valence-electron chi connectivity index (χ0n) is 8.67. The van der Waals surface area contributed by atoms with Crippen molar-refractivity contribution in [3.8, 4) is 0 Å². The van der Waals surface area contributed by atoms with Crippen LogP contribution in [0, 0.1) is 0 Å². The number of benzene rings is 1. The average Bonchev–Trinajstić information content (AvgIpc) is 2.06. The van der Waals surface area contributed by atoms with E-state index in [9.17, 15) is 0 Å². The fourth-order valence-corrected chi connectivity index (χ4v) is 2.35. The van der Waals surface area contributed by atoms with Gasteiger partial charge in [0.25, 0.3) is 0 Å². The molecule has 1 aromatic carbocycles. The van der Waals surface area contributed by atoms with Gasteiger partial charge in [-0.1, -0.05) is 32.4 Å². The summed E-state index contributed by atoms with van der Waals surface area (Å²) in [4.78, 5) is 1.10. The molecule has 0 atom stereocenters. The van der Waals surface area contributed by atoms with E-state index in [1.54, 1.807) is 11.8 Å². The van der Waals surface area contributed by atoms with E-state index >= 15 is 0 Å². The molecule has 0 aliphatic carbocycles. The van der Waals surface area contributed by atoms with Gasteiger partial charge in [-0.3, -0.25) is 0 Å². The maximum absolute atomic E-state index is 9.17. The first-order valence-corrected chi connectivity index (χ1v) is 5.70. The smallest absolute Gasteiger partial charge is 0.0693 e. The second-order valence-electron chi connectivity index (χ2n) is 4.12. The van der Waals surface area contributed by atoms with Crippen molar-refractivity contribution in [1.82, 2.24) is 0 Å². The number of aliphatic hydroxyl groups is 1. The van der Waals surface area contributed by atoms with Crippen LogP contribution < -0.4 is 0 Å². The lowest BCUT2D eigenvalue weighted by molar-refractivity contribution is 0.279. The molecule has 14 heavy (non-hydrogen) atoms. The van der Waals surface area contributed by atoms with Gasteiger partial charge in [0, 0.05) is 14.7 Å². The first-order chi connectivity index (χ1) is 6.42. The normalized spacial score (nSPS) is 11.8. The predicted molar refractivity (Wildman–Crippen MR) is 63.0 cm³/mol. The zero-order chi connectivity index (χ0) is 10.8. The summed E-state index contributed by atoms with van der Waals surface area (Å²) in [5, 5.41) is 9.84. The van der Waals surface area contributed by atoms with Crippen molar-refractivity contribution in [2.75, 3.05) is 0 Å². The first-order valence-electron chi connectivity index (χ1n) is 4.51. The number of hydrogen-bond donors (Lipinski definition) is 1. The summed E-state index contributed by atoms with van der Waals surface area (Å²) >= 11 is 7.59. The summed E-state index contributed by atoms with van der Waals surface area (Å²) in [6.45, 7) is 6.48. The summed E-state index contributed by atoms with van der Waals surface area (Å²) in [5.74, 6) is 0. The van der Waals surface area contributed by atoms with Crippen LogP contribution in [0.1, 0.15) is 26.3 Å². The topological polar surface area (TPSA) is 20.2 Å². The molecule has 1 nitrogen and oxygen atoms in total. The summed E-state index contributed by atoms with van der Waals surface area (Å²) in [5.41, 5.74) is 0.900. The van der Waals surface area contributed by atoms with Crippen molar-refractivity contribution >= 4 is 23.4 Å². The van der Waals surface area contributed by atoms with E-state index in [0.29, 0.717) is 5.02 Å². The Hall–Kier alpha value is -0.180. The van der Waals surface area contributed by atoms with Gasteiger partial charge >= 0.3 is 0 Å². The molecule has 0 fully saturated rings. The van der Waals surface area contributed by atoms with E-state index in [1.807, 2.05) is 18.2 Å². The molecule has 1 aromatic rings. The Morgan fingerprint density at radius 2 is 2.00 bits per heavy atom. The third kappa shape index (κ3) is 3.52. The molecule has 0 spiro atoms. The van der Waals surface area contributed by atoms with Crippen LogP contribution in [0.4, 0.5) is 0 Å². The van der Waals surface area contributed by atoms with Crippen LogP contribution in [-0.4, -0.2) is 9.85 Å². The number of aliphatic hydroxyl groups excluding tert-OH is 1. The largest absolute Gasteiger partial charge is 0.392 e. The quantitative estimate of drug-likeness (QED) is 0.782. The molecule has 0 bridgehead atoms. The Kier molecular flexibility index (Phi) is 3.87. The zero-order valence-corrected chi connectivity index (χ0v) is 10.2. The van der Waals surface area contributed by atoms with Crippen LogP contribution in [0.15, 0.2) is 23.1 Å². The molecular weight excluding hydrogens is 216 g/mol. The highest BCUT2D eigenvalue weighted by atomic mass is 35.5. The molecule has 0 aliphatic rings. The Morgan fingerprint density at radius 3 is 2.50 bits per heavy atom. The summed E-state index contributed by atoms with van der Waals surface area (Å²) < 4.78 is 0.151. The minimum atomic E-state index is 0.0406. The first kappa shape index (κ1) is 11.9. The van der Waals surface area contributed by atoms with Gasteiger partial charge in [0.15, 0.2) is 0 Å². The molecule has 0 aliphatic heterocycles. The molecule has 1 rings (SSSR count). The molecular formula is C11H15ClOS. The van der Waals surface area contributed by atoms with Crippen LogP contribution in [-0.2, 0) is 6.61 Å². The minimum Gasteiger partial charge on any atom is -0.392 e. The van der Waals surface area contributed by atoms with Gasteiger partial charge < -0.3 is 5.11 Å². The monoisotopic (exact) mass is 230 g/mol. The molecule has 0 radical (unpaired) electrons. The highest BCUT2D eigenvalue weighted by molar-refractivity contribution is 8.00. The Morgan fingerprint density at radius 1 is 1.36 bits per heavy atom. The maximum atomic E-state index is 9.17. The summed E-state index contributed by atoms with van der Waals surface area (Å²) in [6.07, 6.45) is 0. The Balaban J connectivity index is 2.97. The third-order valence-electron chi connectivity index (χ3n) is 1.61. The van der Waals surface area contributed by atoms with Crippen LogP contribution in [0.5, 0.6) is 0 Å². The Bertz CT molecular complexity index is 318. The van der Waals surface area contributed by atoms with E-state index in [0.717, 1.165) is 10.5 Å². The highest BCUT2D eigenvalue weighted by Gasteiger charge is 2.14. The van der Waals surface area contributed by atoms with Crippen molar-refractivity contribution in [1.29, 1.82) is 0 Å². The van der Waals surface area contributed by atoms with E-state index in [2.05, 4.69) is 20.8 Å². The van der Waals surface area contributed by atoms with Crippen LogP contribution in [0.3, 0.4) is 0 Å². The standard InChI is InChI=1S/C11H15ClOS/c1-11(2,3)14-10-5-4-9(12)6-8(10)7-13/h4-6,13H,7H2,1-3H3. The van der Waals surface area contributed by atoms with Gasteiger partial charge in [0.1, 0.15) is 0 Å². The predicted octanol–water partition coefficient (Wildman–Crippen LogP) is 3.72. The second kappa shape index (κ2) is 4.56. The lowest BCUT2D eigenvalue weighted by Gasteiger charge is -2.19. The van der Waals surface area contributed by atoms with Crippen molar-refractivity contribution in [2.45, 2.75) is 37.0 Å². The fourth-order valence-electron chi connectivity index (χ4n) is 1.10. The Labute approximate surface area is 94.5 Å². The highest BCUT2D eigenvalue weighted by Crippen LogP contribution is 2.35. The van der Waals surface area contributed by atoms with Gasteiger partial charge in [-0.2, -0.15) is 0 Å².